The van der Waals surface area contributed by atoms with Gasteiger partial charge in [0.2, 0.25) is 17.7 Å². The molecule has 2 saturated heterocycles. The Hall–Kier alpha value is -5.10. The summed E-state index contributed by atoms with van der Waals surface area (Å²) in [6, 6.07) is 20.1. The molecule has 2 aromatic carbocycles. The number of methoxy groups -OCH3 is 1. The van der Waals surface area contributed by atoms with Crippen molar-refractivity contribution >= 4 is 29.1 Å². The number of hydrogen-bond donors (Lipinski definition) is 4. The lowest BCUT2D eigenvalue weighted by molar-refractivity contribution is -0.120. The fraction of sp³-hybridized carbons (Fsp3) is 0.308. The average molecular weight is 706 g/mol. The smallest absolute Gasteiger partial charge is 0.262 e. The number of fused-ring (bicyclic) bond motifs is 1. The maximum absolute atomic E-state index is 13.3. The minimum atomic E-state index is -0.128. The summed E-state index contributed by atoms with van der Waals surface area (Å²) in [4.78, 5) is 45.7. The number of amides is 2. The van der Waals surface area contributed by atoms with Crippen LogP contribution in [-0.4, -0.2) is 58.5 Å². The molecular weight excluding hydrogens is 666 g/mol. The van der Waals surface area contributed by atoms with Gasteiger partial charge in [0.15, 0.2) is 0 Å². The maximum Gasteiger partial charge on any atom is 0.262 e. The van der Waals surface area contributed by atoms with E-state index >= 15 is 0 Å². The minimum Gasteiger partial charge on any atom is -0.481 e. The van der Waals surface area contributed by atoms with Gasteiger partial charge in [-0.25, -0.2) is 9.97 Å². The van der Waals surface area contributed by atoms with Gasteiger partial charge in [-0.05, 0) is 60.2 Å². The molecule has 2 amide bonds. The number of nitrogens with one attached hydrogen (secondary N) is 4. The van der Waals surface area contributed by atoms with Crippen LogP contribution in [0.4, 0.5) is 0 Å². The molecule has 11 nitrogen and oxygen atoms in total. The molecule has 0 unspecified atom stereocenters. The van der Waals surface area contributed by atoms with E-state index < -0.39 is 0 Å². The number of carbonyl (C=O) groups excluding carboxylic acids is 2. The van der Waals surface area contributed by atoms with Crippen molar-refractivity contribution in [3.8, 4) is 39.4 Å². The van der Waals surface area contributed by atoms with Crippen molar-refractivity contribution in [1.29, 1.82) is 0 Å². The van der Waals surface area contributed by atoms with Crippen molar-refractivity contribution in [2.45, 2.75) is 57.8 Å². The number of nitrogens with zero attached hydrogens (tertiary/aromatic N) is 3. The highest BCUT2D eigenvalue weighted by Crippen LogP contribution is 2.40. The van der Waals surface area contributed by atoms with Gasteiger partial charge >= 0.3 is 0 Å². The van der Waals surface area contributed by atoms with Gasteiger partial charge in [-0.3, -0.25) is 18.8 Å². The standard InChI is InChI=1S/C39H40ClN7O4/c1-23-29(24-15-16-47-34(17-24)43-20-26(39(47)50)19-42-22-28-11-14-36(49)45-28)5-3-6-30(23)31-7-4-8-32(37(31)40)33-12-9-25(38(46-33)51-2)18-41-21-27-10-13-35(48)44-27/h3-9,12,15-17,20,27-28,41-42H,10-11,13-14,18-19,21-22H2,1-2H3,(H,44,48)(H,45,49)/t27-,28-/m1/s1. The zero-order chi connectivity index (χ0) is 35.5. The van der Waals surface area contributed by atoms with E-state index in [2.05, 4.69) is 45.3 Å². The predicted molar refractivity (Wildman–Crippen MR) is 198 cm³/mol. The zero-order valence-electron chi connectivity index (χ0n) is 28.6. The van der Waals surface area contributed by atoms with Crippen LogP contribution in [0.5, 0.6) is 5.88 Å². The summed E-state index contributed by atoms with van der Waals surface area (Å²) in [5.74, 6) is 0.686. The molecule has 2 aliphatic heterocycles. The van der Waals surface area contributed by atoms with Crippen LogP contribution in [0.3, 0.4) is 0 Å². The Kier molecular flexibility index (Phi) is 10.1. The second-order valence-electron chi connectivity index (χ2n) is 13.1. The summed E-state index contributed by atoms with van der Waals surface area (Å²) < 4.78 is 7.23. The normalized spacial score (nSPS) is 17.2. The molecule has 51 heavy (non-hydrogen) atoms. The van der Waals surface area contributed by atoms with Crippen molar-refractivity contribution in [1.82, 2.24) is 35.6 Å². The van der Waals surface area contributed by atoms with Gasteiger partial charge < -0.3 is 26.0 Å². The first-order chi connectivity index (χ1) is 24.8. The lowest BCUT2D eigenvalue weighted by Crippen LogP contribution is -2.36. The van der Waals surface area contributed by atoms with E-state index in [0.717, 1.165) is 51.8 Å². The number of halogens is 1. The average Bonchev–Trinajstić information content (AvgIpc) is 3.76. The van der Waals surface area contributed by atoms with Crippen LogP contribution in [0, 0.1) is 6.92 Å². The number of benzene rings is 2. The highest BCUT2D eigenvalue weighted by Gasteiger charge is 2.22. The van der Waals surface area contributed by atoms with Crippen LogP contribution < -0.4 is 31.6 Å². The molecule has 5 heterocycles. The second kappa shape index (κ2) is 15.0. The lowest BCUT2D eigenvalue weighted by Gasteiger charge is -2.16. The molecule has 4 N–H and O–H groups in total. The highest BCUT2D eigenvalue weighted by molar-refractivity contribution is 6.36. The first kappa shape index (κ1) is 34.4. The van der Waals surface area contributed by atoms with E-state index in [9.17, 15) is 14.4 Å². The Morgan fingerprint density at radius 2 is 1.49 bits per heavy atom. The van der Waals surface area contributed by atoms with Crippen molar-refractivity contribution < 1.29 is 14.3 Å². The number of hydrogen-bond acceptors (Lipinski definition) is 8. The Bertz CT molecular complexity index is 2190. The van der Waals surface area contributed by atoms with E-state index in [-0.39, 0.29) is 29.5 Å². The SMILES string of the molecule is COc1nc(-c2cccc(-c3cccc(-c4ccn5c(=O)c(CNC[C@H]6CCC(=O)N6)cnc5c4)c3C)c2Cl)ccc1CNC[C@H]1CCC(=O)N1. The first-order valence-electron chi connectivity index (χ1n) is 17.2. The summed E-state index contributed by atoms with van der Waals surface area (Å²) in [7, 11) is 1.61. The number of ether oxygens (including phenoxy) is 1. The Balaban J connectivity index is 1.10. The largest absolute Gasteiger partial charge is 0.481 e. The fourth-order valence-corrected chi connectivity index (χ4v) is 7.26. The molecule has 2 fully saturated rings. The van der Waals surface area contributed by atoms with Crippen LogP contribution in [0.15, 0.2) is 77.9 Å². The number of rotatable bonds is 12. The van der Waals surface area contributed by atoms with Crippen molar-refractivity contribution in [3.63, 3.8) is 0 Å². The number of pyridine rings is 2. The van der Waals surface area contributed by atoms with E-state index in [0.29, 0.717) is 66.8 Å². The maximum atomic E-state index is 13.3. The Morgan fingerprint density at radius 1 is 0.843 bits per heavy atom. The first-order valence-corrected chi connectivity index (χ1v) is 17.6. The van der Waals surface area contributed by atoms with Gasteiger partial charge in [0.25, 0.3) is 5.56 Å². The molecule has 0 spiro atoms. The molecule has 3 aromatic heterocycles. The summed E-state index contributed by atoms with van der Waals surface area (Å²) >= 11 is 7.14. The topological polar surface area (TPSA) is 139 Å². The van der Waals surface area contributed by atoms with Gasteiger partial charge in [-0.2, -0.15) is 0 Å². The van der Waals surface area contributed by atoms with Crippen LogP contribution >= 0.6 is 11.6 Å². The van der Waals surface area contributed by atoms with Gasteiger partial charge in [-0.1, -0.05) is 54.1 Å². The van der Waals surface area contributed by atoms with Crippen LogP contribution in [0.2, 0.25) is 5.02 Å². The molecule has 7 rings (SSSR count). The summed E-state index contributed by atoms with van der Waals surface area (Å²) in [6.45, 7) is 4.28. The quantitative estimate of drug-likeness (QED) is 0.145. The number of carbonyl (C=O) groups is 2. The van der Waals surface area contributed by atoms with Crippen LogP contribution in [-0.2, 0) is 22.7 Å². The van der Waals surface area contributed by atoms with E-state index in [1.54, 1.807) is 23.9 Å². The predicted octanol–water partition coefficient (Wildman–Crippen LogP) is 4.80. The molecule has 0 aliphatic carbocycles. The molecule has 262 valence electrons. The summed E-state index contributed by atoms with van der Waals surface area (Å²) in [6.07, 6.45) is 6.14. The van der Waals surface area contributed by atoms with Crippen LogP contribution in [0.1, 0.15) is 42.4 Å². The summed E-state index contributed by atoms with van der Waals surface area (Å²) in [5.41, 5.74) is 8.22. The molecule has 2 aliphatic rings. The molecule has 0 bridgehead atoms. The highest BCUT2D eigenvalue weighted by atomic mass is 35.5. The number of aromatic nitrogens is 3. The van der Waals surface area contributed by atoms with E-state index in [1.165, 1.54) is 0 Å². The van der Waals surface area contributed by atoms with Crippen LogP contribution in [0.25, 0.3) is 39.2 Å². The van der Waals surface area contributed by atoms with Gasteiger partial charge in [0.1, 0.15) is 5.65 Å². The molecule has 0 radical (unpaired) electrons. The molecule has 0 saturated carbocycles. The third-order valence-corrected chi connectivity index (χ3v) is 10.1. The second-order valence-corrected chi connectivity index (χ2v) is 13.5. The van der Waals surface area contributed by atoms with Crippen molar-refractivity contribution in [3.05, 3.63) is 105 Å². The van der Waals surface area contributed by atoms with E-state index in [4.69, 9.17) is 21.3 Å². The van der Waals surface area contributed by atoms with Gasteiger partial charge in [0.05, 0.1) is 17.8 Å². The minimum absolute atomic E-state index is 0.0701. The monoisotopic (exact) mass is 705 g/mol. The molecule has 5 aromatic rings. The molecule has 12 heteroatoms. The third-order valence-electron chi connectivity index (χ3n) is 9.71. The molecule has 2 atom stereocenters. The summed E-state index contributed by atoms with van der Waals surface area (Å²) in [5, 5.41) is 13.2. The van der Waals surface area contributed by atoms with Crippen molar-refractivity contribution in [2.75, 3.05) is 20.2 Å². The molecular formula is C39H40ClN7O4. The Morgan fingerprint density at radius 3 is 2.16 bits per heavy atom. The fourth-order valence-electron chi connectivity index (χ4n) is 6.93. The van der Waals surface area contributed by atoms with Gasteiger partial charge in [0, 0.05) is 85.8 Å². The van der Waals surface area contributed by atoms with Gasteiger partial charge in [-0.15, -0.1) is 0 Å². The van der Waals surface area contributed by atoms with E-state index in [1.807, 2.05) is 48.5 Å². The lowest BCUT2D eigenvalue weighted by atomic mass is 9.92. The third kappa shape index (κ3) is 7.37. The van der Waals surface area contributed by atoms with Crippen molar-refractivity contribution in [2.24, 2.45) is 0 Å². The Labute approximate surface area is 300 Å². The zero-order valence-corrected chi connectivity index (χ0v) is 29.3.